The summed E-state index contributed by atoms with van der Waals surface area (Å²) in [6, 6.07) is 6.17. The molecule has 106 valence electrons. The first-order valence-electron chi connectivity index (χ1n) is 6.82. The number of aryl methyl sites for hydroxylation is 1. The van der Waals surface area contributed by atoms with E-state index in [-0.39, 0.29) is 0 Å². The minimum atomic E-state index is 0.497. The van der Waals surface area contributed by atoms with Gasteiger partial charge in [-0.2, -0.15) is 5.10 Å². The van der Waals surface area contributed by atoms with Crippen molar-refractivity contribution in [1.82, 2.24) is 9.78 Å². The topological polar surface area (TPSA) is 53.1 Å². The molecule has 0 spiro atoms. The van der Waals surface area contributed by atoms with Gasteiger partial charge in [-0.1, -0.05) is 23.7 Å². The minimum absolute atomic E-state index is 0.497. The molecule has 1 aromatic heterocycles. The fourth-order valence-electron chi connectivity index (χ4n) is 2.70. The number of halogens is 1. The molecule has 1 aliphatic rings. The van der Waals surface area contributed by atoms with Crippen LogP contribution in [0.2, 0.25) is 5.02 Å². The Bertz CT molecular complexity index is 618. The Kier molecular flexibility index (Phi) is 3.68. The molecule has 20 heavy (non-hydrogen) atoms. The highest BCUT2D eigenvalue weighted by Gasteiger charge is 2.19. The summed E-state index contributed by atoms with van der Waals surface area (Å²) in [5, 5.41) is 4.97. The van der Waals surface area contributed by atoms with Crippen molar-refractivity contribution < 1.29 is 4.74 Å². The molecule has 0 atom stereocenters. The molecule has 2 heterocycles. The molecule has 4 nitrogen and oxygen atoms in total. The van der Waals surface area contributed by atoms with Gasteiger partial charge in [0.05, 0.1) is 6.20 Å². The molecule has 0 amide bonds. The molecule has 3 rings (SSSR count). The van der Waals surface area contributed by atoms with Gasteiger partial charge in [0.1, 0.15) is 5.82 Å². The van der Waals surface area contributed by atoms with E-state index >= 15 is 0 Å². The van der Waals surface area contributed by atoms with E-state index in [1.165, 1.54) is 5.56 Å². The molecule has 2 N–H and O–H groups in total. The van der Waals surface area contributed by atoms with Crippen LogP contribution in [0.15, 0.2) is 24.4 Å². The third-order valence-electron chi connectivity index (χ3n) is 3.96. The Morgan fingerprint density at radius 2 is 2.10 bits per heavy atom. The average Bonchev–Trinajstić information content (AvgIpc) is 2.80. The Morgan fingerprint density at radius 1 is 1.35 bits per heavy atom. The number of hydrogen-bond donors (Lipinski definition) is 1. The van der Waals surface area contributed by atoms with Crippen molar-refractivity contribution in [3.63, 3.8) is 0 Å². The smallest absolute Gasteiger partial charge is 0.129 e. The van der Waals surface area contributed by atoms with Gasteiger partial charge in [0.25, 0.3) is 0 Å². The van der Waals surface area contributed by atoms with Gasteiger partial charge in [-0.3, -0.25) is 4.68 Å². The Balaban J connectivity index is 1.92. The molecule has 0 unspecified atom stereocenters. The summed E-state index contributed by atoms with van der Waals surface area (Å²) >= 11 is 6.46. The maximum absolute atomic E-state index is 6.46. The monoisotopic (exact) mass is 291 g/mol. The first-order chi connectivity index (χ1) is 9.66. The Morgan fingerprint density at radius 3 is 2.70 bits per heavy atom. The summed E-state index contributed by atoms with van der Waals surface area (Å²) in [7, 11) is 1.83. The van der Waals surface area contributed by atoms with Gasteiger partial charge in [-0.25, -0.2) is 0 Å². The second-order valence-corrected chi connectivity index (χ2v) is 5.60. The molecule has 1 fully saturated rings. The van der Waals surface area contributed by atoms with E-state index in [9.17, 15) is 0 Å². The molecule has 1 aromatic carbocycles. The number of nitrogens with zero attached hydrogens (tertiary/aromatic N) is 2. The largest absolute Gasteiger partial charge is 0.383 e. The molecule has 0 bridgehead atoms. The summed E-state index contributed by atoms with van der Waals surface area (Å²) in [5.41, 5.74) is 9.15. The summed E-state index contributed by atoms with van der Waals surface area (Å²) in [4.78, 5) is 0. The normalized spacial score (nSPS) is 16.5. The van der Waals surface area contributed by atoms with Crippen molar-refractivity contribution in [3.8, 4) is 11.1 Å². The lowest BCUT2D eigenvalue weighted by atomic mass is 9.90. The highest BCUT2D eigenvalue weighted by Crippen LogP contribution is 2.35. The summed E-state index contributed by atoms with van der Waals surface area (Å²) in [6.45, 7) is 1.64. The maximum atomic E-state index is 6.46. The molecule has 1 saturated heterocycles. The number of benzene rings is 1. The first-order valence-corrected chi connectivity index (χ1v) is 7.19. The lowest BCUT2D eigenvalue weighted by Crippen LogP contribution is -2.14. The van der Waals surface area contributed by atoms with Crippen molar-refractivity contribution in [1.29, 1.82) is 0 Å². The van der Waals surface area contributed by atoms with Crippen LogP contribution in [-0.2, 0) is 11.8 Å². The summed E-state index contributed by atoms with van der Waals surface area (Å²) in [5.74, 6) is 1.15. The van der Waals surface area contributed by atoms with Crippen LogP contribution in [0.3, 0.4) is 0 Å². The SMILES string of the molecule is Cn1ncc(-c2ccc(C3CCOCC3)c(Cl)c2)c1N. The zero-order valence-electron chi connectivity index (χ0n) is 11.5. The number of hydrogen-bond acceptors (Lipinski definition) is 3. The predicted molar refractivity (Wildman–Crippen MR) is 80.9 cm³/mol. The number of nitrogens with two attached hydrogens (primary N) is 1. The van der Waals surface area contributed by atoms with Crippen LogP contribution in [-0.4, -0.2) is 23.0 Å². The molecule has 1 aliphatic heterocycles. The standard InChI is InChI=1S/C15H18ClN3O/c1-19-15(17)13(9-18-19)11-2-3-12(14(16)8-11)10-4-6-20-7-5-10/h2-3,8-10H,4-7,17H2,1H3. The third kappa shape index (κ3) is 2.41. The molecular formula is C15H18ClN3O. The van der Waals surface area contributed by atoms with E-state index in [4.69, 9.17) is 22.1 Å². The van der Waals surface area contributed by atoms with Gasteiger partial charge >= 0.3 is 0 Å². The summed E-state index contributed by atoms with van der Waals surface area (Å²) < 4.78 is 7.06. The second kappa shape index (κ2) is 5.46. The molecule has 2 aromatic rings. The average molecular weight is 292 g/mol. The molecule has 0 saturated carbocycles. The highest BCUT2D eigenvalue weighted by atomic mass is 35.5. The van der Waals surface area contributed by atoms with Gasteiger partial charge in [-0.15, -0.1) is 0 Å². The van der Waals surface area contributed by atoms with Crippen molar-refractivity contribution in [3.05, 3.63) is 35.0 Å². The fraction of sp³-hybridized carbons (Fsp3) is 0.400. The molecular weight excluding hydrogens is 274 g/mol. The van der Waals surface area contributed by atoms with E-state index in [2.05, 4.69) is 17.2 Å². The van der Waals surface area contributed by atoms with Crippen LogP contribution in [0.5, 0.6) is 0 Å². The van der Waals surface area contributed by atoms with Crippen LogP contribution in [0.25, 0.3) is 11.1 Å². The Hall–Kier alpha value is -1.52. The van der Waals surface area contributed by atoms with E-state index < -0.39 is 0 Å². The molecule has 0 radical (unpaired) electrons. The van der Waals surface area contributed by atoms with Gasteiger partial charge in [0.15, 0.2) is 0 Å². The quantitative estimate of drug-likeness (QED) is 0.924. The second-order valence-electron chi connectivity index (χ2n) is 5.19. The van der Waals surface area contributed by atoms with Crippen LogP contribution in [0, 0.1) is 0 Å². The Labute approximate surface area is 123 Å². The van der Waals surface area contributed by atoms with Gasteiger partial charge in [0, 0.05) is 30.8 Å². The maximum Gasteiger partial charge on any atom is 0.129 e. The van der Waals surface area contributed by atoms with Crippen LogP contribution in [0.1, 0.15) is 24.3 Å². The van der Waals surface area contributed by atoms with E-state index in [0.717, 1.165) is 42.2 Å². The number of ether oxygens (including phenoxy) is 1. The van der Waals surface area contributed by atoms with Crippen LogP contribution < -0.4 is 5.73 Å². The van der Waals surface area contributed by atoms with E-state index in [0.29, 0.717) is 11.7 Å². The van der Waals surface area contributed by atoms with Crippen LogP contribution >= 0.6 is 11.6 Å². The first kappa shape index (κ1) is 13.5. The molecule has 0 aliphatic carbocycles. The van der Waals surface area contributed by atoms with E-state index in [1.54, 1.807) is 10.9 Å². The number of rotatable bonds is 2. The van der Waals surface area contributed by atoms with Crippen molar-refractivity contribution >= 4 is 17.4 Å². The fourth-order valence-corrected chi connectivity index (χ4v) is 3.04. The number of anilines is 1. The van der Waals surface area contributed by atoms with E-state index in [1.807, 2.05) is 13.1 Å². The van der Waals surface area contributed by atoms with Gasteiger partial charge in [-0.05, 0) is 36.0 Å². The molecule has 5 heteroatoms. The van der Waals surface area contributed by atoms with Gasteiger partial charge < -0.3 is 10.5 Å². The zero-order chi connectivity index (χ0) is 14.1. The lowest BCUT2D eigenvalue weighted by molar-refractivity contribution is 0.0853. The minimum Gasteiger partial charge on any atom is -0.383 e. The third-order valence-corrected chi connectivity index (χ3v) is 4.28. The van der Waals surface area contributed by atoms with Gasteiger partial charge in [0.2, 0.25) is 0 Å². The van der Waals surface area contributed by atoms with Crippen molar-refractivity contribution in [2.24, 2.45) is 7.05 Å². The number of aromatic nitrogens is 2. The van der Waals surface area contributed by atoms with Crippen molar-refractivity contribution in [2.75, 3.05) is 18.9 Å². The predicted octanol–water partition coefficient (Wildman–Crippen LogP) is 3.22. The number of nitrogen functional groups attached to an aromatic ring is 1. The lowest BCUT2D eigenvalue weighted by Gasteiger charge is -2.23. The summed E-state index contributed by atoms with van der Waals surface area (Å²) in [6.07, 6.45) is 3.84. The zero-order valence-corrected chi connectivity index (χ0v) is 12.2. The highest BCUT2D eigenvalue weighted by molar-refractivity contribution is 6.31. The van der Waals surface area contributed by atoms with Crippen molar-refractivity contribution in [2.45, 2.75) is 18.8 Å². The van der Waals surface area contributed by atoms with Crippen LogP contribution in [0.4, 0.5) is 5.82 Å².